The van der Waals surface area contributed by atoms with E-state index in [1.807, 2.05) is 18.2 Å². The molecule has 4 rings (SSSR count). The van der Waals surface area contributed by atoms with Crippen molar-refractivity contribution < 1.29 is 4.74 Å². The summed E-state index contributed by atoms with van der Waals surface area (Å²) in [5.41, 5.74) is 2.31. The summed E-state index contributed by atoms with van der Waals surface area (Å²) in [5, 5.41) is 1.18. The number of halogens is 2. The second-order valence-electron chi connectivity index (χ2n) is 7.66. The van der Waals surface area contributed by atoms with Crippen molar-refractivity contribution in [3.63, 3.8) is 0 Å². The van der Waals surface area contributed by atoms with Crippen LogP contribution in [0.2, 0.25) is 10.0 Å². The topological polar surface area (TPSA) is 19.0 Å². The summed E-state index contributed by atoms with van der Waals surface area (Å²) < 4.78 is 6.09. The van der Waals surface area contributed by atoms with Gasteiger partial charge in [-0.05, 0) is 45.1 Å². The molecule has 0 spiro atoms. The quantitative estimate of drug-likeness (QED) is 0.608. The highest BCUT2D eigenvalue weighted by Crippen LogP contribution is 2.48. The Kier molecular flexibility index (Phi) is 5.77. The second kappa shape index (κ2) is 8.10. The Balaban J connectivity index is 1.60. The van der Waals surface area contributed by atoms with Gasteiger partial charge in [-0.15, -0.1) is 0 Å². The van der Waals surface area contributed by atoms with Crippen molar-refractivity contribution in [3.05, 3.63) is 69.7 Å². The maximum absolute atomic E-state index is 6.43. The van der Waals surface area contributed by atoms with Crippen LogP contribution in [0.4, 0.5) is 0 Å². The van der Waals surface area contributed by atoms with E-state index in [0.717, 1.165) is 12.1 Å². The van der Waals surface area contributed by atoms with E-state index in [9.17, 15) is 0 Å². The number of epoxide rings is 1. The zero-order valence-electron chi connectivity index (χ0n) is 15.8. The van der Waals surface area contributed by atoms with Gasteiger partial charge in [0.05, 0.1) is 16.1 Å². The van der Waals surface area contributed by atoms with Gasteiger partial charge in [-0.25, -0.2) is 0 Å². The van der Waals surface area contributed by atoms with Crippen LogP contribution in [0.25, 0.3) is 0 Å². The van der Waals surface area contributed by atoms with Crippen LogP contribution in [0.5, 0.6) is 0 Å². The summed E-state index contributed by atoms with van der Waals surface area (Å²) in [6, 6.07) is 17.3. The molecule has 4 atom stereocenters. The molecule has 0 saturated carbocycles. The number of piperidine rings is 1. The third-order valence-corrected chi connectivity index (χ3v) is 6.76. The lowest BCUT2D eigenvalue weighted by Crippen LogP contribution is -2.47. The van der Waals surface area contributed by atoms with Crippen molar-refractivity contribution >= 4 is 23.2 Å². The first-order chi connectivity index (χ1) is 13.1. The summed E-state index contributed by atoms with van der Waals surface area (Å²) in [4.78, 5) is 4.88. The number of ether oxygens (including phenoxy) is 1. The molecule has 0 aliphatic carbocycles. The highest BCUT2D eigenvalue weighted by Gasteiger charge is 2.48. The fourth-order valence-electron chi connectivity index (χ4n) is 4.42. The molecular formula is C22H26Cl2N2O. The zero-order valence-corrected chi connectivity index (χ0v) is 17.3. The predicted molar refractivity (Wildman–Crippen MR) is 111 cm³/mol. The lowest BCUT2D eigenvalue weighted by Gasteiger charge is -2.42. The number of likely N-dealkylation sites (N-methyl/N-ethyl adjacent to an activating group) is 2. The molecule has 2 aliphatic rings. The lowest BCUT2D eigenvalue weighted by atomic mass is 9.90. The molecule has 2 aromatic carbocycles. The van der Waals surface area contributed by atoms with E-state index in [-0.39, 0.29) is 18.4 Å². The van der Waals surface area contributed by atoms with Crippen molar-refractivity contribution in [3.8, 4) is 0 Å². The second-order valence-corrected chi connectivity index (χ2v) is 8.44. The van der Waals surface area contributed by atoms with Gasteiger partial charge in [0.15, 0.2) is 0 Å². The molecule has 2 fully saturated rings. The number of likely N-dealkylation sites (tertiary alicyclic amines) is 1. The molecule has 2 aliphatic heterocycles. The highest BCUT2D eigenvalue weighted by atomic mass is 35.5. The Hall–Kier alpha value is -1.10. The molecule has 5 heteroatoms. The molecule has 0 N–H and O–H groups in total. The summed E-state index contributed by atoms with van der Waals surface area (Å²) in [5.74, 6) is 0. The molecule has 0 amide bonds. The molecule has 3 nitrogen and oxygen atoms in total. The van der Waals surface area contributed by atoms with Crippen LogP contribution in [0, 0.1) is 0 Å². The first-order valence-electron chi connectivity index (χ1n) is 9.64. The maximum atomic E-state index is 6.43. The fraction of sp³-hybridized carbons (Fsp3) is 0.455. The van der Waals surface area contributed by atoms with Gasteiger partial charge in [0.25, 0.3) is 0 Å². The van der Waals surface area contributed by atoms with Crippen molar-refractivity contribution in [1.82, 2.24) is 9.80 Å². The van der Waals surface area contributed by atoms with Crippen molar-refractivity contribution in [2.75, 3.05) is 20.6 Å². The molecule has 144 valence electrons. The molecular weight excluding hydrogens is 379 g/mol. The predicted octanol–water partition coefficient (Wildman–Crippen LogP) is 5.55. The minimum atomic E-state index is -0.0266. The largest absolute Gasteiger partial charge is 0.348 e. The smallest absolute Gasteiger partial charge is 0.142 e. The summed E-state index contributed by atoms with van der Waals surface area (Å²) >= 11 is 12.6. The third kappa shape index (κ3) is 3.90. The molecule has 2 saturated heterocycles. The average Bonchev–Trinajstić information content (AvgIpc) is 3.47. The van der Waals surface area contributed by atoms with E-state index in [0.29, 0.717) is 16.1 Å². The van der Waals surface area contributed by atoms with E-state index in [1.165, 1.54) is 24.8 Å². The van der Waals surface area contributed by atoms with Crippen LogP contribution in [0.1, 0.15) is 42.5 Å². The van der Waals surface area contributed by atoms with E-state index in [2.05, 4.69) is 54.2 Å². The van der Waals surface area contributed by atoms with Gasteiger partial charge in [-0.3, -0.25) is 4.90 Å². The number of benzene rings is 2. The van der Waals surface area contributed by atoms with E-state index in [1.54, 1.807) is 0 Å². The van der Waals surface area contributed by atoms with Crippen LogP contribution in [0.3, 0.4) is 0 Å². The Labute approximate surface area is 171 Å². The average molecular weight is 405 g/mol. The minimum Gasteiger partial charge on any atom is -0.348 e. The van der Waals surface area contributed by atoms with Crippen LogP contribution < -0.4 is 0 Å². The Morgan fingerprint density at radius 1 is 1.07 bits per heavy atom. The molecule has 0 radical (unpaired) electrons. The monoisotopic (exact) mass is 404 g/mol. The maximum Gasteiger partial charge on any atom is 0.142 e. The summed E-state index contributed by atoms with van der Waals surface area (Å²) in [6.07, 6.45) is 3.75. The highest BCUT2D eigenvalue weighted by molar-refractivity contribution is 6.42. The van der Waals surface area contributed by atoms with Gasteiger partial charge < -0.3 is 9.64 Å². The Morgan fingerprint density at radius 3 is 2.59 bits per heavy atom. The van der Waals surface area contributed by atoms with Gasteiger partial charge >= 0.3 is 0 Å². The Bertz CT molecular complexity index is 785. The van der Waals surface area contributed by atoms with Gasteiger partial charge in [0, 0.05) is 11.6 Å². The van der Waals surface area contributed by atoms with Crippen LogP contribution in [0.15, 0.2) is 48.5 Å². The molecule has 0 aromatic heterocycles. The zero-order chi connectivity index (χ0) is 19.0. The number of nitrogens with zero attached hydrogens (tertiary/aromatic N) is 2. The normalized spacial score (nSPS) is 26.9. The fourth-order valence-corrected chi connectivity index (χ4v) is 4.83. The minimum absolute atomic E-state index is 0.0153. The van der Waals surface area contributed by atoms with Crippen molar-refractivity contribution in [2.45, 2.75) is 43.7 Å². The number of hydrogen-bond acceptors (Lipinski definition) is 3. The molecule has 4 unspecified atom stereocenters. The first-order valence-corrected chi connectivity index (χ1v) is 10.4. The molecule has 0 bridgehead atoms. The van der Waals surface area contributed by atoms with Gasteiger partial charge in [-0.2, -0.15) is 0 Å². The lowest BCUT2D eigenvalue weighted by molar-refractivity contribution is 0.0563. The standard InChI is InChI=1S/C22H26Cl2N2O/c1-25-14-7-6-13-18(25)20(15-9-4-3-5-10-15)26(2)22-21(27-22)16-11-8-12-17(23)19(16)24/h3-5,8-12,18,20-22H,6-7,13-14H2,1-2H3. The van der Waals surface area contributed by atoms with Crippen molar-refractivity contribution in [2.24, 2.45) is 0 Å². The third-order valence-electron chi connectivity index (χ3n) is 5.93. The summed E-state index contributed by atoms with van der Waals surface area (Å²) in [6.45, 7) is 1.15. The summed E-state index contributed by atoms with van der Waals surface area (Å²) in [7, 11) is 4.41. The van der Waals surface area contributed by atoms with E-state index >= 15 is 0 Å². The van der Waals surface area contributed by atoms with Crippen LogP contribution in [-0.4, -0.2) is 42.7 Å². The van der Waals surface area contributed by atoms with Crippen molar-refractivity contribution in [1.29, 1.82) is 0 Å². The molecule has 2 heterocycles. The number of rotatable bonds is 5. The molecule has 2 aromatic rings. The van der Waals surface area contributed by atoms with Gasteiger partial charge in [-0.1, -0.05) is 72.1 Å². The first kappa shape index (κ1) is 19.2. The van der Waals surface area contributed by atoms with Gasteiger partial charge in [0.1, 0.15) is 12.3 Å². The SMILES string of the molecule is CN1CCCCC1C(c1ccccc1)N(C)C1OC1c1cccc(Cl)c1Cl. The van der Waals surface area contributed by atoms with Crippen LogP contribution in [-0.2, 0) is 4.74 Å². The molecule has 27 heavy (non-hydrogen) atoms. The van der Waals surface area contributed by atoms with E-state index in [4.69, 9.17) is 27.9 Å². The van der Waals surface area contributed by atoms with Crippen LogP contribution >= 0.6 is 23.2 Å². The number of hydrogen-bond donors (Lipinski definition) is 0. The Morgan fingerprint density at radius 2 is 1.85 bits per heavy atom. The van der Waals surface area contributed by atoms with Gasteiger partial charge in [0.2, 0.25) is 0 Å². The van der Waals surface area contributed by atoms with E-state index < -0.39 is 0 Å².